The van der Waals surface area contributed by atoms with Crippen molar-refractivity contribution in [3.8, 4) is 11.5 Å². The fourth-order valence-corrected chi connectivity index (χ4v) is 4.12. The summed E-state index contributed by atoms with van der Waals surface area (Å²) in [6, 6.07) is 10.3. The van der Waals surface area contributed by atoms with Crippen molar-refractivity contribution in [3.05, 3.63) is 59.9 Å². The van der Waals surface area contributed by atoms with Gasteiger partial charge in [-0.1, -0.05) is 23.9 Å². The lowest BCUT2D eigenvalue weighted by atomic mass is 10.3. The molecule has 0 aliphatic heterocycles. The smallest absolute Gasteiger partial charge is 0.237 e. The average Bonchev–Trinajstić information content (AvgIpc) is 3.20. The highest BCUT2D eigenvalue weighted by molar-refractivity contribution is 8.00. The minimum Gasteiger partial charge on any atom is -0.493 e. The third-order valence-electron chi connectivity index (χ3n) is 4.78. The molecule has 0 saturated heterocycles. The molecule has 0 aliphatic carbocycles. The average molecular weight is 477 g/mol. The van der Waals surface area contributed by atoms with Gasteiger partial charge in [0, 0.05) is 12.1 Å². The molecule has 0 bridgehead atoms. The standard InChI is InChI=1S/C23H26F2N4O3S/c1-13(2)29-21(14(3)32-20-9-7-6-8-19(20)31-5)27-28-23(29)33-15(4)22(30)26-18-11-10-16(24)12-17(18)25/h6-15H,1-5H3,(H,26,30). The number of methoxy groups -OCH3 is 1. The Balaban J connectivity index is 1.76. The highest BCUT2D eigenvalue weighted by Crippen LogP contribution is 2.33. The normalized spacial score (nSPS) is 13.0. The van der Waals surface area contributed by atoms with Crippen molar-refractivity contribution in [2.45, 2.75) is 50.2 Å². The fourth-order valence-electron chi connectivity index (χ4n) is 3.13. The number of para-hydroxylation sites is 2. The van der Waals surface area contributed by atoms with Crippen LogP contribution in [0.15, 0.2) is 47.6 Å². The Morgan fingerprint density at radius 2 is 1.76 bits per heavy atom. The van der Waals surface area contributed by atoms with E-state index in [9.17, 15) is 13.6 Å². The van der Waals surface area contributed by atoms with Crippen LogP contribution in [-0.2, 0) is 4.79 Å². The van der Waals surface area contributed by atoms with E-state index >= 15 is 0 Å². The van der Waals surface area contributed by atoms with Gasteiger partial charge in [0.2, 0.25) is 5.91 Å². The molecule has 1 aromatic heterocycles. The van der Waals surface area contributed by atoms with Crippen LogP contribution in [-0.4, -0.2) is 33.0 Å². The number of anilines is 1. The zero-order valence-corrected chi connectivity index (χ0v) is 19.8. The van der Waals surface area contributed by atoms with Crippen molar-refractivity contribution in [1.82, 2.24) is 14.8 Å². The third-order valence-corrected chi connectivity index (χ3v) is 5.84. The first-order valence-electron chi connectivity index (χ1n) is 10.4. The summed E-state index contributed by atoms with van der Waals surface area (Å²) in [5.41, 5.74) is -0.0845. The number of carbonyl (C=O) groups excluding carboxylic acids is 1. The van der Waals surface area contributed by atoms with E-state index in [0.29, 0.717) is 22.5 Å². The molecule has 3 rings (SSSR count). The Kier molecular flexibility index (Phi) is 7.91. The van der Waals surface area contributed by atoms with Crippen LogP contribution in [0.5, 0.6) is 11.5 Å². The minimum atomic E-state index is -0.838. The first-order valence-corrected chi connectivity index (χ1v) is 11.3. The topological polar surface area (TPSA) is 78.3 Å². The van der Waals surface area contributed by atoms with Gasteiger partial charge in [-0.2, -0.15) is 0 Å². The maximum absolute atomic E-state index is 13.9. The quantitative estimate of drug-likeness (QED) is 0.417. The molecule has 7 nitrogen and oxygen atoms in total. The summed E-state index contributed by atoms with van der Waals surface area (Å²) in [4.78, 5) is 12.6. The zero-order valence-electron chi connectivity index (χ0n) is 19.0. The van der Waals surface area contributed by atoms with Gasteiger partial charge < -0.3 is 19.4 Å². The Morgan fingerprint density at radius 1 is 1.06 bits per heavy atom. The number of amides is 1. The second-order valence-electron chi connectivity index (χ2n) is 7.59. The predicted molar refractivity (Wildman–Crippen MR) is 123 cm³/mol. The summed E-state index contributed by atoms with van der Waals surface area (Å²) in [5, 5.41) is 11.0. The third kappa shape index (κ3) is 5.81. The van der Waals surface area contributed by atoms with E-state index in [2.05, 4.69) is 15.5 Å². The summed E-state index contributed by atoms with van der Waals surface area (Å²) in [7, 11) is 1.57. The number of nitrogens with one attached hydrogen (secondary N) is 1. The molecular formula is C23H26F2N4O3S. The van der Waals surface area contributed by atoms with Crippen molar-refractivity contribution in [3.63, 3.8) is 0 Å². The van der Waals surface area contributed by atoms with Crippen LogP contribution in [0.25, 0.3) is 0 Å². The van der Waals surface area contributed by atoms with E-state index in [1.54, 1.807) is 20.1 Å². The fraction of sp³-hybridized carbons (Fsp3) is 0.348. The van der Waals surface area contributed by atoms with Gasteiger partial charge in [-0.3, -0.25) is 4.79 Å². The van der Waals surface area contributed by atoms with Crippen LogP contribution in [0.3, 0.4) is 0 Å². The number of benzene rings is 2. The highest BCUT2D eigenvalue weighted by Gasteiger charge is 2.25. The summed E-state index contributed by atoms with van der Waals surface area (Å²) < 4.78 is 40.3. The molecule has 0 radical (unpaired) electrons. The molecular weight excluding hydrogens is 450 g/mol. The number of ether oxygens (including phenoxy) is 2. The van der Waals surface area contributed by atoms with Crippen molar-refractivity contribution in [1.29, 1.82) is 0 Å². The first kappa shape index (κ1) is 24.5. The van der Waals surface area contributed by atoms with Crippen LogP contribution >= 0.6 is 11.8 Å². The molecule has 1 N–H and O–H groups in total. The predicted octanol–water partition coefficient (Wildman–Crippen LogP) is 5.41. The van der Waals surface area contributed by atoms with E-state index in [-0.39, 0.29) is 11.7 Å². The maximum atomic E-state index is 13.9. The largest absolute Gasteiger partial charge is 0.493 e. The molecule has 1 heterocycles. The van der Waals surface area contributed by atoms with Crippen LogP contribution in [0.4, 0.5) is 14.5 Å². The van der Waals surface area contributed by atoms with Gasteiger partial charge in [0.25, 0.3) is 0 Å². The Hall–Kier alpha value is -3.14. The molecule has 176 valence electrons. The summed E-state index contributed by atoms with van der Waals surface area (Å²) >= 11 is 1.19. The number of aromatic nitrogens is 3. The Morgan fingerprint density at radius 3 is 2.39 bits per heavy atom. The first-order chi connectivity index (χ1) is 15.7. The van der Waals surface area contributed by atoms with E-state index in [1.165, 1.54) is 17.8 Å². The number of rotatable bonds is 9. The molecule has 0 saturated carbocycles. The van der Waals surface area contributed by atoms with Gasteiger partial charge in [-0.25, -0.2) is 8.78 Å². The minimum absolute atomic E-state index is 0.00831. The summed E-state index contributed by atoms with van der Waals surface area (Å²) in [6.07, 6.45) is -0.442. The van der Waals surface area contributed by atoms with Crippen molar-refractivity contribution in [2.24, 2.45) is 0 Å². The van der Waals surface area contributed by atoms with Gasteiger partial charge in [-0.15, -0.1) is 10.2 Å². The lowest BCUT2D eigenvalue weighted by molar-refractivity contribution is -0.115. The van der Waals surface area contributed by atoms with E-state index in [4.69, 9.17) is 9.47 Å². The molecule has 1 amide bonds. The second-order valence-corrected chi connectivity index (χ2v) is 8.90. The molecule has 2 atom stereocenters. The van der Waals surface area contributed by atoms with Gasteiger partial charge in [0.1, 0.15) is 11.6 Å². The number of thioether (sulfide) groups is 1. The van der Waals surface area contributed by atoms with Crippen LogP contribution in [0.1, 0.15) is 45.7 Å². The second kappa shape index (κ2) is 10.7. The molecule has 3 aromatic rings. The van der Waals surface area contributed by atoms with Crippen LogP contribution in [0, 0.1) is 11.6 Å². The van der Waals surface area contributed by atoms with Crippen molar-refractivity contribution >= 4 is 23.4 Å². The molecule has 33 heavy (non-hydrogen) atoms. The number of hydrogen-bond donors (Lipinski definition) is 1. The van der Waals surface area contributed by atoms with Gasteiger partial charge in [0.15, 0.2) is 28.6 Å². The molecule has 10 heteroatoms. The van der Waals surface area contributed by atoms with Crippen molar-refractivity contribution in [2.75, 3.05) is 12.4 Å². The lowest BCUT2D eigenvalue weighted by Gasteiger charge is -2.20. The SMILES string of the molecule is COc1ccccc1OC(C)c1nnc(SC(C)C(=O)Nc2ccc(F)cc2F)n1C(C)C. The van der Waals surface area contributed by atoms with Crippen LogP contribution < -0.4 is 14.8 Å². The number of nitrogens with zero attached hydrogens (tertiary/aromatic N) is 3. The number of carbonyl (C=O) groups is 1. The Bertz CT molecular complexity index is 1120. The van der Waals surface area contributed by atoms with E-state index < -0.39 is 28.9 Å². The Labute approximate surface area is 195 Å². The number of halogens is 2. The van der Waals surface area contributed by atoms with Gasteiger partial charge in [-0.05, 0) is 52.0 Å². The number of hydrogen-bond acceptors (Lipinski definition) is 6. The highest BCUT2D eigenvalue weighted by atomic mass is 32.2. The van der Waals surface area contributed by atoms with E-state index in [1.807, 2.05) is 43.5 Å². The molecule has 2 unspecified atom stereocenters. The van der Waals surface area contributed by atoms with E-state index in [0.717, 1.165) is 12.1 Å². The lowest BCUT2D eigenvalue weighted by Crippen LogP contribution is -2.24. The maximum Gasteiger partial charge on any atom is 0.237 e. The zero-order chi connectivity index (χ0) is 24.1. The molecule has 0 spiro atoms. The molecule has 0 fully saturated rings. The van der Waals surface area contributed by atoms with Gasteiger partial charge in [0.05, 0.1) is 18.0 Å². The van der Waals surface area contributed by atoms with Gasteiger partial charge >= 0.3 is 0 Å². The summed E-state index contributed by atoms with van der Waals surface area (Å²) in [5.74, 6) is -0.216. The molecule has 0 aliphatic rings. The molecule has 2 aromatic carbocycles. The van der Waals surface area contributed by atoms with Crippen molar-refractivity contribution < 1.29 is 23.0 Å². The summed E-state index contributed by atoms with van der Waals surface area (Å²) in [6.45, 7) is 7.49. The van der Waals surface area contributed by atoms with Crippen LogP contribution in [0.2, 0.25) is 0 Å². The monoisotopic (exact) mass is 476 g/mol.